The van der Waals surface area contributed by atoms with Crippen molar-refractivity contribution in [2.24, 2.45) is 0 Å². The van der Waals surface area contributed by atoms with E-state index in [-0.39, 0.29) is 18.2 Å². The second-order valence-electron chi connectivity index (χ2n) is 5.78. The topological polar surface area (TPSA) is 88.7 Å². The zero-order chi connectivity index (χ0) is 15.0. The first-order valence-electron chi connectivity index (χ1n) is 7.49. The molecule has 1 aromatic heterocycles. The lowest BCUT2D eigenvalue weighted by atomic mass is 9.99. The predicted molar refractivity (Wildman–Crippen MR) is 79.1 cm³/mol. The molecule has 0 saturated carbocycles. The number of piperidine rings is 1. The SMILES string of the molecule is CCOC(=O)c1cc(N)cnc1N1C2CCC1CC(O)C2. The lowest BCUT2D eigenvalue weighted by Gasteiger charge is -2.38. The average Bonchev–Trinajstić information content (AvgIpc) is 2.71. The molecule has 2 aliphatic heterocycles. The molecule has 0 aromatic carbocycles. The molecule has 1 aromatic rings. The van der Waals surface area contributed by atoms with E-state index in [0.717, 1.165) is 25.7 Å². The summed E-state index contributed by atoms with van der Waals surface area (Å²) >= 11 is 0. The highest BCUT2D eigenvalue weighted by atomic mass is 16.5. The number of esters is 1. The molecule has 2 aliphatic rings. The van der Waals surface area contributed by atoms with E-state index in [1.807, 2.05) is 0 Å². The molecule has 21 heavy (non-hydrogen) atoms. The summed E-state index contributed by atoms with van der Waals surface area (Å²) in [6.45, 7) is 2.09. The molecule has 0 spiro atoms. The number of pyridine rings is 1. The fourth-order valence-corrected chi connectivity index (χ4v) is 3.53. The van der Waals surface area contributed by atoms with Crippen LogP contribution in [0.1, 0.15) is 43.0 Å². The van der Waals surface area contributed by atoms with Crippen molar-refractivity contribution in [2.75, 3.05) is 17.2 Å². The Hall–Kier alpha value is -1.82. The number of aliphatic hydroxyl groups excluding tert-OH is 1. The lowest BCUT2D eigenvalue weighted by Crippen LogP contribution is -2.45. The van der Waals surface area contributed by atoms with Crippen LogP contribution in [0.25, 0.3) is 0 Å². The van der Waals surface area contributed by atoms with E-state index in [2.05, 4.69) is 9.88 Å². The molecule has 114 valence electrons. The second-order valence-corrected chi connectivity index (χ2v) is 5.78. The molecular formula is C15H21N3O3. The maximum atomic E-state index is 12.2. The monoisotopic (exact) mass is 291 g/mol. The van der Waals surface area contributed by atoms with E-state index in [1.54, 1.807) is 19.2 Å². The molecule has 6 nitrogen and oxygen atoms in total. The number of carbonyl (C=O) groups excluding carboxylic acids is 1. The van der Waals surface area contributed by atoms with Crippen LogP contribution in [-0.4, -0.2) is 40.9 Å². The van der Waals surface area contributed by atoms with Crippen LogP contribution in [0.2, 0.25) is 0 Å². The summed E-state index contributed by atoms with van der Waals surface area (Å²) in [4.78, 5) is 18.7. The van der Waals surface area contributed by atoms with E-state index in [9.17, 15) is 9.90 Å². The third-order valence-corrected chi connectivity index (χ3v) is 4.34. The maximum Gasteiger partial charge on any atom is 0.341 e. The molecule has 0 amide bonds. The largest absolute Gasteiger partial charge is 0.462 e. The number of rotatable bonds is 3. The minimum atomic E-state index is -0.391. The van der Waals surface area contributed by atoms with Crippen molar-refractivity contribution in [2.45, 2.75) is 50.8 Å². The van der Waals surface area contributed by atoms with Gasteiger partial charge in [0.2, 0.25) is 0 Å². The number of nitrogens with two attached hydrogens (primary N) is 1. The van der Waals surface area contributed by atoms with Crippen LogP contribution in [0.5, 0.6) is 0 Å². The summed E-state index contributed by atoms with van der Waals surface area (Å²) < 4.78 is 5.12. The second kappa shape index (κ2) is 5.52. The van der Waals surface area contributed by atoms with E-state index in [1.165, 1.54) is 0 Å². The molecule has 3 heterocycles. The van der Waals surface area contributed by atoms with Gasteiger partial charge in [0.15, 0.2) is 0 Å². The van der Waals surface area contributed by atoms with Crippen LogP contribution < -0.4 is 10.6 Å². The fraction of sp³-hybridized carbons (Fsp3) is 0.600. The molecule has 2 bridgehead atoms. The summed E-state index contributed by atoms with van der Waals surface area (Å²) in [7, 11) is 0. The molecule has 0 radical (unpaired) electrons. The van der Waals surface area contributed by atoms with Crippen LogP contribution in [0.4, 0.5) is 11.5 Å². The Kier molecular flexibility index (Phi) is 3.71. The van der Waals surface area contributed by atoms with Gasteiger partial charge in [-0.15, -0.1) is 0 Å². The number of nitrogen functional groups attached to an aromatic ring is 1. The number of aromatic nitrogens is 1. The Bertz CT molecular complexity index is 535. The number of hydrogen-bond donors (Lipinski definition) is 2. The van der Waals surface area contributed by atoms with Gasteiger partial charge in [0.25, 0.3) is 0 Å². The third kappa shape index (κ3) is 2.55. The third-order valence-electron chi connectivity index (χ3n) is 4.34. The van der Waals surface area contributed by atoms with Gasteiger partial charge in [-0.25, -0.2) is 9.78 Å². The Morgan fingerprint density at radius 1 is 1.48 bits per heavy atom. The normalized spacial score (nSPS) is 27.7. The van der Waals surface area contributed by atoms with Crippen molar-refractivity contribution in [3.63, 3.8) is 0 Å². The number of anilines is 2. The molecule has 3 N–H and O–H groups in total. The van der Waals surface area contributed by atoms with E-state index in [4.69, 9.17) is 10.5 Å². The van der Waals surface area contributed by atoms with E-state index < -0.39 is 5.97 Å². The number of ether oxygens (including phenoxy) is 1. The highest BCUT2D eigenvalue weighted by molar-refractivity contribution is 5.96. The van der Waals surface area contributed by atoms with Gasteiger partial charge < -0.3 is 20.5 Å². The molecule has 3 rings (SSSR count). The zero-order valence-corrected chi connectivity index (χ0v) is 12.2. The highest BCUT2D eigenvalue weighted by Crippen LogP contribution is 2.40. The van der Waals surface area contributed by atoms with Crippen LogP contribution in [0.3, 0.4) is 0 Å². The van der Waals surface area contributed by atoms with Gasteiger partial charge in [0, 0.05) is 12.1 Å². The van der Waals surface area contributed by atoms with Crippen molar-refractivity contribution in [3.05, 3.63) is 17.8 Å². The van der Waals surface area contributed by atoms with Gasteiger partial charge in [-0.1, -0.05) is 0 Å². The van der Waals surface area contributed by atoms with E-state index in [0.29, 0.717) is 23.7 Å². The molecule has 0 aliphatic carbocycles. The number of nitrogens with zero attached hydrogens (tertiary/aromatic N) is 2. The smallest absolute Gasteiger partial charge is 0.341 e. The van der Waals surface area contributed by atoms with Crippen molar-refractivity contribution >= 4 is 17.5 Å². The average molecular weight is 291 g/mol. The summed E-state index contributed by atoms with van der Waals surface area (Å²) in [5.74, 6) is 0.250. The van der Waals surface area contributed by atoms with Crippen molar-refractivity contribution in [1.82, 2.24) is 4.98 Å². The quantitative estimate of drug-likeness (QED) is 0.817. The minimum Gasteiger partial charge on any atom is -0.462 e. The van der Waals surface area contributed by atoms with Crippen molar-refractivity contribution in [3.8, 4) is 0 Å². The Morgan fingerprint density at radius 3 is 2.76 bits per heavy atom. The summed E-state index contributed by atoms with van der Waals surface area (Å²) in [6, 6.07) is 2.11. The molecule has 2 fully saturated rings. The summed E-state index contributed by atoms with van der Waals surface area (Å²) in [5.41, 5.74) is 6.64. The van der Waals surface area contributed by atoms with Crippen LogP contribution >= 0.6 is 0 Å². The molecule has 2 atom stereocenters. The summed E-state index contributed by atoms with van der Waals surface area (Å²) in [6.07, 6.45) is 4.82. The van der Waals surface area contributed by atoms with Crippen LogP contribution in [0, 0.1) is 0 Å². The number of aliphatic hydroxyl groups is 1. The van der Waals surface area contributed by atoms with Crippen LogP contribution in [0.15, 0.2) is 12.3 Å². The molecular weight excluding hydrogens is 270 g/mol. The Labute approximate surface area is 123 Å². The summed E-state index contributed by atoms with van der Waals surface area (Å²) in [5, 5.41) is 9.90. The maximum absolute atomic E-state index is 12.2. The number of hydrogen-bond acceptors (Lipinski definition) is 6. The number of carbonyl (C=O) groups is 1. The van der Waals surface area contributed by atoms with Gasteiger partial charge in [0.05, 0.1) is 24.6 Å². The van der Waals surface area contributed by atoms with Crippen LogP contribution in [-0.2, 0) is 4.74 Å². The first-order valence-corrected chi connectivity index (χ1v) is 7.49. The van der Waals surface area contributed by atoms with Gasteiger partial charge >= 0.3 is 5.97 Å². The van der Waals surface area contributed by atoms with E-state index >= 15 is 0 Å². The Morgan fingerprint density at radius 2 is 2.14 bits per heavy atom. The molecule has 2 saturated heterocycles. The van der Waals surface area contributed by atoms with Gasteiger partial charge in [-0.3, -0.25) is 0 Å². The molecule has 2 unspecified atom stereocenters. The standard InChI is InChI=1S/C15H21N3O3/c1-2-21-15(20)13-5-9(16)8-17-14(13)18-10-3-4-11(18)7-12(19)6-10/h5,8,10-12,19H,2-4,6-7,16H2,1H3. The van der Waals surface area contributed by atoms with Gasteiger partial charge in [0.1, 0.15) is 11.4 Å². The fourth-order valence-electron chi connectivity index (χ4n) is 3.53. The highest BCUT2D eigenvalue weighted by Gasteiger charge is 2.42. The first kappa shape index (κ1) is 14.1. The number of fused-ring (bicyclic) bond motifs is 2. The minimum absolute atomic E-state index is 0.239. The lowest BCUT2D eigenvalue weighted by molar-refractivity contribution is 0.0526. The molecule has 6 heteroatoms. The van der Waals surface area contributed by atoms with Crippen molar-refractivity contribution in [1.29, 1.82) is 0 Å². The zero-order valence-electron chi connectivity index (χ0n) is 12.2. The van der Waals surface area contributed by atoms with Crippen molar-refractivity contribution < 1.29 is 14.6 Å². The van der Waals surface area contributed by atoms with Gasteiger partial charge in [-0.2, -0.15) is 0 Å². The first-order chi connectivity index (χ1) is 10.1. The predicted octanol–water partition coefficient (Wildman–Crippen LogP) is 1.33. The van der Waals surface area contributed by atoms with Gasteiger partial charge in [-0.05, 0) is 38.7 Å². The Balaban J connectivity index is 1.97.